The highest BCUT2D eigenvalue weighted by atomic mass is 16.5. The predicted octanol–water partition coefficient (Wildman–Crippen LogP) is -0.0630. The van der Waals surface area contributed by atoms with Gasteiger partial charge in [-0.15, -0.1) is 0 Å². The molecule has 18 heavy (non-hydrogen) atoms. The van der Waals surface area contributed by atoms with Crippen LogP contribution in [0.4, 0.5) is 5.69 Å². The Balaban J connectivity index is 1.78. The van der Waals surface area contributed by atoms with E-state index in [9.17, 15) is 5.11 Å². The van der Waals surface area contributed by atoms with Crippen LogP contribution in [0.15, 0.2) is 12.4 Å². The molecule has 2 atom stereocenters. The molecule has 2 heterocycles. The van der Waals surface area contributed by atoms with Crippen molar-refractivity contribution < 1.29 is 9.84 Å². The Morgan fingerprint density at radius 2 is 2.44 bits per heavy atom. The van der Waals surface area contributed by atoms with Gasteiger partial charge >= 0.3 is 0 Å². The number of β-amino-alcohol motifs (C(OH)–C–C–N with tert-alkyl or cyclic N) is 1. The predicted molar refractivity (Wildman–Crippen MR) is 69.1 cm³/mol. The number of nitrogens with zero attached hydrogens (tertiary/aromatic N) is 3. The van der Waals surface area contributed by atoms with E-state index in [1.807, 2.05) is 0 Å². The number of aliphatic hydroxyl groups excluding tert-OH is 1. The lowest BCUT2D eigenvalue weighted by molar-refractivity contribution is -0.0431. The van der Waals surface area contributed by atoms with Crippen LogP contribution < -0.4 is 5.73 Å². The maximum absolute atomic E-state index is 10.0. The number of rotatable bonds is 5. The van der Waals surface area contributed by atoms with Gasteiger partial charge in [0.2, 0.25) is 0 Å². The summed E-state index contributed by atoms with van der Waals surface area (Å²) in [6.07, 6.45) is 4.21. The molecule has 3 N–H and O–H groups in total. The molecule has 6 nitrogen and oxygen atoms in total. The van der Waals surface area contributed by atoms with Crippen molar-refractivity contribution in [3.05, 3.63) is 12.4 Å². The summed E-state index contributed by atoms with van der Waals surface area (Å²) in [4.78, 5) is 2.25. The molecule has 0 saturated carbocycles. The number of aromatic nitrogens is 2. The third-order valence-corrected chi connectivity index (χ3v) is 3.20. The zero-order chi connectivity index (χ0) is 13.0. The van der Waals surface area contributed by atoms with E-state index in [1.54, 1.807) is 17.1 Å². The smallest absolute Gasteiger partial charge is 0.0862 e. The summed E-state index contributed by atoms with van der Waals surface area (Å²) in [7, 11) is 0. The van der Waals surface area contributed by atoms with E-state index in [0.717, 1.165) is 26.1 Å². The molecule has 0 aliphatic carbocycles. The van der Waals surface area contributed by atoms with Gasteiger partial charge in [-0.05, 0) is 6.42 Å². The highest BCUT2D eigenvalue weighted by Gasteiger charge is 2.21. The lowest BCUT2D eigenvalue weighted by atomic mass is 10.2. The average molecular weight is 254 g/mol. The third kappa shape index (κ3) is 3.69. The van der Waals surface area contributed by atoms with Crippen LogP contribution in [-0.2, 0) is 11.3 Å². The number of anilines is 1. The van der Waals surface area contributed by atoms with Gasteiger partial charge in [0.15, 0.2) is 0 Å². The number of hydrogen-bond donors (Lipinski definition) is 2. The van der Waals surface area contributed by atoms with Crippen molar-refractivity contribution in [2.45, 2.75) is 32.1 Å². The molecular weight excluding hydrogens is 232 g/mol. The number of aliphatic hydroxyl groups is 1. The van der Waals surface area contributed by atoms with Crippen molar-refractivity contribution in [3.63, 3.8) is 0 Å². The second-order valence-electron chi connectivity index (χ2n) is 4.81. The van der Waals surface area contributed by atoms with Gasteiger partial charge in [0.1, 0.15) is 0 Å². The molecule has 2 rings (SSSR count). The largest absolute Gasteiger partial charge is 0.396 e. The van der Waals surface area contributed by atoms with Crippen LogP contribution in [0, 0.1) is 0 Å². The average Bonchev–Trinajstić information content (AvgIpc) is 2.74. The molecule has 1 fully saturated rings. The van der Waals surface area contributed by atoms with Gasteiger partial charge < -0.3 is 15.6 Å². The molecule has 0 radical (unpaired) electrons. The van der Waals surface area contributed by atoms with Gasteiger partial charge in [0, 0.05) is 25.8 Å². The maximum atomic E-state index is 10.0. The van der Waals surface area contributed by atoms with Gasteiger partial charge in [-0.3, -0.25) is 9.58 Å². The van der Waals surface area contributed by atoms with Crippen LogP contribution >= 0.6 is 0 Å². The van der Waals surface area contributed by atoms with E-state index < -0.39 is 6.10 Å². The second kappa shape index (κ2) is 6.17. The molecule has 0 spiro atoms. The van der Waals surface area contributed by atoms with Crippen LogP contribution in [0.1, 0.15) is 13.3 Å². The van der Waals surface area contributed by atoms with Crippen LogP contribution in [0.25, 0.3) is 0 Å². The topological polar surface area (TPSA) is 76.5 Å². The number of nitrogens with two attached hydrogens (primary N) is 1. The number of hydrogen-bond acceptors (Lipinski definition) is 5. The number of ether oxygens (including phenoxy) is 1. The van der Waals surface area contributed by atoms with Crippen molar-refractivity contribution in [2.75, 3.05) is 32.0 Å². The molecule has 1 aliphatic rings. The zero-order valence-corrected chi connectivity index (χ0v) is 10.8. The Morgan fingerprint density at radius 1 is 1.61 bits per heavy atom. The van der Waals surface area contributed by atoms with E-state index in [4.69, 9.17) is 10.5 Å². The van der Waals surface area contributed by atoms with E-state index >= 15 is 0 Å². The van der Waals surface area contributed by atoms with Crippen LogP contribution in [0.5, 0.6) is 0 Å². The van der Waals surface area contributed by atoms with E-state index in [2.05, 4.69) is 16.9 Å². The summed E-state index contributed by atoms with van der Waals surface area (Å²) in [6.45, 7) is 5.78. The first-order chi connectivity index (χ1) is 8.67. The van der Waals surface area contributed by atoms with Crippen molar-refractivity contribution >= 4 is 5.69 Å². The first kappa shape index (κ1) is 13.3. The highest BCUT2D eigenvalue weighted by Crippen LogP contribution is 2.09. The zero-order valence-electron chi connectivity index (χ0n) is 10.8. The fourth-order valence-electron chi connectivity index (χ4n) is 2.24. The van der Waals surface area contributed by atoms with E-state index in [1.165, 1.54) is 0 Å². The van der Waals surface area contributed by atoms with Crippen molar-refractivity contribution in [3.8, 4) is 0 Å². The van der Waals surface area contributed by atoms with E-state index in [-0.39, 0.29) is 0 Å². The Hall–Kier alpha value is -1.11. The minimum Gasteiger partial charge on any atom is -0.396 e. The Morgan fingerprint density at radius 3 is 3.11 bits per heavy atom. The van der Waals surface area contributed by atoms with Crippen LogP contribution in [0.2, 0.25) is 0 Å². The quantitative estimate of drug-likeness (QED) is 0.769. The normalized spacial score (nSPS) is 23.1. The van der Waals surface area contributed by atoms with Crippen molar-refractivity contribution in [1.82, 2.24) is 14.7 Å². The molecule has 0 aromatic carbocycles. The van der Waals surface area contributed by atoms with Gasteiger partial charge in [-0.1, -0.05) is 6.92 Å². The monoisotopic (exact) mass is 254 g/mol. The fourth-order valence-corrected chi connectivity index (χ4v) is 2.24. The van der Waals surface area contributed by atoms with Crippen molar-refractivity contribution in [2.24, 2.45) is 0 Å². The fraction of sp³-hybridized carbons (Fsp3) is 0.750. The summed E-state index contributed by atoms with van der Waals surface area (Å²) in [5.41, 5.74) is 6.21. The molecule has 0 amide bonds. The third-order valence-electron chi connectivity index (χ3n) is 3.20. The summed E-state index contributed by atoms with van der Waals surface area (Å²) in [5.74, 6) is 0. The number of morpholine rings is 1. The molecule has 6 heteroatoms. The minimum absolute atomic E-state index is 0.297. The maximum Gasteiger partial charge on any atom is 0.0862 e. The van der Waals surface area contributed by atoms with Gasteiger partial charge in [-0.25, -0.2) is 0 Å². The second-order valence-corrected chi connectivity index (χ2v) is 4.81. The number of nitrogen functional groups attached to an aromatic ring is 1. The molecule has 2 unspecified atom stereocenters. The first-order valence-electron chi connectivity index (χ1n) is 6.47. The lowest BCUT2D eigenvalue weighted by Gasteiger charge is -2.33. The molecule has 1 aliphatic heterocycles. The molecule has 0 bridgehead atoms. The lowest BCUT2D eigenvalue weighted by Crippen LogP contribution is -2.46. The summed E-state index contributed by atoms with van der Waals surface area (Å²) >= 11 is 0. The Kier molecular flexibility index (Phi) is 4.57. The Bertz CT molecular complexity index is 369. The van der Waals surface area contributed by atoms with Gasteiger partial charge in [-0.2, -0.15) is 5.10 Å². The minimum atomic E-state index is -0.431. The molecule has 1 aromatic heterocycles. The highest BCUT2D eigenvalue weighted by molar-refractivity contribution is 5.30. The van der Waals surface area contributed by atoms with Gasteiger partial charge in [0.05, 0.1) is 37.2 Å². The van der Waals surface area contributed by atoms with Crippen molar-refractivity contribution in [1.29, 1.82) is 0 Å². The first-order valence-corrected chi connectivity index (χ1v) is 6.47. The Labute approximate surface area is 107 Å². The summed E-state index contributed by atoms with van der Waals surface area (Å²) < 4.78 is 7.28. The van der Waals surface area contributed by atoms with E-state index in [0.29, 0.717) is 24.9 Å². The standard InChI is InChI=1S/C12H22N4O2/c1-2-12-9-15(3-4-18-12)7-11(17)8-16-6-10(13)5-14-16/h5-6,11-12,17H,2-4,7-9,13H2,1H3. The molecule has 102 valence electrons. The SMILES string of the molecule is CCC1CN(CC(O)Cn2cc(N)cn2)CCO1. The van der Waals surface area contributed by atoms with Crippen LogP contribution in [0.3, 0.4) is 0 Å². The molecule has 1 saturated heterocycles. The van der Waals surface area contributed by atoms with Crippen LogP contribution in [-0.4, -0.2) is 58.2 Å². The van der Waals surface area contributed by atoms with Gasteiger partial charge in [0.25, 0.3) is 0 Å². The summed E-state index contributed by atoms with van der Waals surface area (Å²) in [5, 5.41) is 14.1. The molecular formula is C12H22N4O2. The summed E-state index contributed by atoms with van der Waals surface area (Å²) in [6, 6.07) is 0. The molecule has 1 aromatic rings.